The number of hydrogen-bond donors (Lipinski definition) is 0. The molecular weight excluding hydrogens is 242 g/mol. The quantitative estimate of drug-likeness (QED) is 0.510. The van der Waals surface area contributed by atoms with Crippen LogP contribution < -0.4 is 0 Å². The Hall–Kier alpha value is -1.08. The van der Waals surface area contributed by atoms with Gasteiger partial charge < -0.3 is 4.48 Å². The van der Waals surface area contributed by atoms with Crippen molar-refractivity contribution < 1.29 is 4.48 Å². The zero-order valence-corrected chi connectivity index (χ0v) is 13.7. The zero-order valence-electron chi connectivity index (χ0n) is 13.7. The van der Waals surface area contributed by atoms with Crippen LogP contribution in [-0.4, -0.2) is 24.1 Å². The monoisotopic (exact) mass is 274 g/mol. The first-order valence-corrected chi connectivity index (χ1v) is 8.26. The first-order valence-electron chi connectivity index (χ1n) is 8.26. The van der Waals surface area contributed by atoms with Crippen molar-refractivity contribution in [2.75, 3.05) is 19.6 Å². The highest BCUT2D eigenvalue weighted by atomic mass is 15.3. The van der Waals surface area contributed by atoms with E-state index in [1.807, 2.05) is 6.08 Å². The Morgan fingerprint density at radius 3 is 1.90 bits per heavy atom. The van der Waals surface area contributed by atoms with Crippen molar-refractivity contribution in [2.24, 2.45) is 0 Å². The minimum Gasteiger partial charge on any atom is -0.320 e. The Bertz CT molecular complexity index is 369. The molecule has 0 saturated carbocycles. The molecule has 0 bridgehead atoms. The highest BCUT2D eigenvalue weighted by Gasteiger charge is 2.24. The summed E-state index contributed by atoms with van der Waals surface area (Å²) < 4.78 is 1.25. The minimum absolute atomic E-state index is 1.17. The molecule has 0 aromatic heterocycles. The molecule has 0 atom stereocenters. The van der Waals surface area contributed by atoms with E-state index in [4.69, 9.17) is 0 Å². The third-order valence-corrected chi connectivity index (χ3v) is 4.38. The van der Waals surface area contributed by atoms with Crippen molar-refractivity contribution >= 4 is 6.08 Å². The van der Waals surface area contributed by atoms with E-state index in [9.17, 15) is 0 Å². The second-order valence-corrected chi connectivity index (χ2v) is 5.92. The maximum absolute atomic E-state index is 3.83. The molecule has 20 heavy (non-hydrogen) atoms. The second-order valence-electron chi connectivity index (χ2n) is 5.92. The fourth-order valence-corrected chi connectivity index (χ4v) is 2.83. The van der Waals surface area contributed by atoms with Gasteiger partial charge in [0.05, 0.1) is 19.6 Å². The molecular formula is C19H32N+. The first kappa shape index (κ1) is 17.0. The van der Waals surface area contributed by atoms with Crippen LogP contribution in [0.4, 0.5) is 0 Å². The Labute approximate surface area is 125 Å². The lowest BCUT2D eigenvalue weighted by molar-refractivity contribution is -0.939. The van der Waals surface area contributed by atoms with Gasteiger partial charge in [0.25, 0.3) is 0 Å². The van der Waals surface area contributed by atoms with Crippen LogP contribution in [0, 0.1) is 0 Å². The molecule has 0 unspecified atom stereocenters. The van der Waals surface area contributed by atoms with Gasteiger partial charge in [-0.1, -0.05) is 63.6 Å². The SMILES string of the molecule is C=Cc1ccc(C[N+](CC)(CCCC)CCCC)cc1. The summed E-state index contributed by atoms with van der Waals surface area (Å²) in [5, 5.41) is 0. The molecule has 0 heterocycles. The van der Waals surface area contributed by atoms with Gasteiger partial charge in [-0.2, -0.15) is 0 Å². The van der Waals surface area contributed by atoms with Crippen LogP contribution in [0.3, 0.4) is 0 Å². The molecule has 0 N–H and O–H groups in total. The topological polar surface area (TPSA) is 0 Å². The fourth-order valence-electron chi connectivity index (χ4n) is 2.83. The number of benzene rings is 1. The minimum atomic E-state index is 1.17. The van der Waals surface area contributed by atoms with Crippen molar-refractivity contribution in [1.29, 1.82) is 0 Å². The molecule has 0 saturated heterocycles. The Morgan fingerprint density at radius 1 is 0.950 bits per heavy atom. The highest BCUT2D eigenvalue weighted by molar-refractivity contribution is 5.47. The molecule has 0 aliphatic rings. The van der Waals surface area contributed by atoms with Crippen LogP contribution >= 0.6 is 0 Å². The number of quaternary nitrogens is 1. The van der Waals surface area contributed by atoms with Crippen LogP contribution in [-0.2, 0) is 6.54 Å². The van der Waals surface area contributed by atoms with Crippen molar-refractivity contribution in [1.82, 2.24) is 0 Å². The average Bonchev–Trinajstić information content (AvgIpc) is 2.51. The van der Waals surface area contributed by atoms with Crippen LogP contribution in [0.5, 0.6) is 0 Å². The number of unbranched alkanes of at least 4 members (excludes halogenated alkanes) is 2. The van der Waals surface area contributed by atoms with Crippen LogP contribution in [0.1, 0.15) is 57.6 Å². The number of hydrogen-bond acceptors (Lipinski definition) is 0. The predicted octanol–water partition coefficient (Wildman–Crippen LogP) is 5.27. The van der Waals surface area contributed by atoms with Crippen molar-refractivity contribution in [3.63, 3.8) is 0 Å². The molecule has 1 heteroatoms. The summed E-state index contributed by atoms with van der Waals surface area (Å²) in [4.78, 5) is 0. The molecule has 1 nitrogen and oxygen atoms in total. The Kier molecular flexibility index (Phi) is 7.61. The van der Waals surface area contributed by atoms with Gasteiger partial charge in [-0.15, -0.1) is 0 Å². The third kappa shape index (κ3) is 5.13. The van der Waals surface area contributed by atoms with E-state index in [1.165, 1.54) is 67.5 Å². The van der Waals surface area contributed by atoms with Gasteiger partial charge in [0.2, 0.25) is 0 Å². The third-order valence-electron chi connectivity index (χ3n) is 4.38. The summed E-state index contributed by atoms with van der Waals surface area (Å²) in [5.41, 5.74) is 2.68. The maximum Gasteiger partial charge on any atom is 0.104 e. The molecule has 0 amide bonds. The summed E-state index contributed by atoms with van der Waals surface area (Å²) in [6.45, 7) is 15.8. The van der Waals surface area contributed by atoms with Crippen LogP contribution in [0.2, 0.25) is 0 Å². The molecule has 1 aromatic carbocycles. The van der Waals surface area contributed by atoms with Gasteiger partial charge in [-0.05, 0) is 25.3 Å². The van der Waals surface area contributed by atoms with Gasteiger partial charge in [0, 0.05) is 5.56 Å². The smallest absolute Gasteiger partial charge is 0.104 e. The van der Waals surface area contributed by atoms with Crippen molar-refractivity contribution in [2.45, 2.75) is 53.0 Å². The normalized spacial score (nSPS) is 11.6. The largest absolute Gasteiger partial charge is 0.320 e. The van der Waals surface area contributed by atoms with E-state index in [0.29, 0.717) is 0 Å². The van der Waals surface area contributed by atoms with E-state index in [-0.39, 0.29) is 0 Å². The lowest BCUT2D eigenvalue weighted by Crippen LogP contribution is -2.48. The van der Waals surface area contributed by atoms with E-state index < -0.39 is 0 Å². The molecule has 1 rings (SSSR count). The molecule has 1 aromatic rings. The van der Waals surface area contributed by atoms with Crippen molar-refractivity contribution in [3.8, 4) is 0 Å². The Morgan fingerprint density at radius 2 is 1.50 bits per heavy atom. The number of rotatable bonds is 10. The molecule has 112 valence electrons. The highest BCUT2D eigenvalue weighted by Crippen LogP contribution is 2.18. The summed E-state index contributed by atoms with van der Waals surface area (Å²) in [6.07, 6.45) is 7.17. The van der Waals surface area contributed by atoms with E-state index in [2.05, 4.69) is 51.6 Å². The van der Waals surface area contributed by atoms with E-state index in [0.717, 1.165) is 0 Å². The molecule has 0 aliphatic carbocycles. The molecule has 0 aliphatic heterocycles. The lowest BCUT2D eigenvalue weighted by Gasteiger charge is -2.38. The lowest BCUT2D eigenvalue weighted by atomic mass is 10.1. The predicted molar refractivity (Wildman–Crippen MR) is 90.6 cm³/mol. The number of nitrogens with zero attached hydrogens (tertiary/aromatic N) is 1. The van der Waals surface area contributed by atoms with Gasteiger partial charge in [-0.3, -0.25) is 0 Å². The van der Waals surface area contributed by atoms with Gasteiger partial charge in [-0.25, -0.2) is 0 Å². The summed E-state index contributed by atoms with van der Waals surface area (Å²) in [6, 6.07) is 8.92. The van der Waals surface area contributed by atoms with E-state index >= 15 is 0 Å². The average molecular weight is 274 g/mol. The van der Waals surface area contributed by atoms with Crippen LogP contribution in [0.25, 0.3) is 6.08 Å². The summed E-state index contributed by atoms with van der Waals surface area (Å²) in [7, 11) is 0. The van der Waals surface area contributed by atoms with Crippen molar-refractivity contribution in [3.05, 3.63) is 42.0 Å². The maximum atomic E-state index is 3.83. The van der Waals surface area contributed by atoms with E-state index in [1.54, 1.807) is 0 Å². The van der Waals surface area contributed by atoms with Gasteiger partial charge in [0.1, 0.15) is 6.54 Å². The zero-order chi connectivity index (χ0) is 14.8. The summed E-state index contributed by atoms with van der Waals surface area (Å²) >= 11 is 0. The second kappa shape index (κ2) is 8.97. The first-order chi connectivity index (χ1) is 9.69. The molecule has 0 spiro atoms. The van der Waals surface area contributed by atoms with Crippen LogP contribution in [0.15, 0.2) is 30.8 Å². The summed E-state index contributed by atoms with van der Waals surface area (Å²) in [5.74, 6) is 0. The van der Waals surface area contributed by atoms with Gasteiger partial charge >= 0.3 is 0 Å². The van der Waals surface area contributed by atoms with Gasteiger partial charge in [0.15, 0.2) is 0 Å². The standard InChI is InChI=1S/C19H32N/c1-5-9-15-20(8-4,16-10-6-2)17-19-13-11-18(7-3)12-14-19/h7,11-14H,3,5-6,8-10,15-17H2,1-2,4H3/q+1. The molecule has 0 fully saturated rings. The molecule has 0 radical (unpaired) electrons. The Balaban J connectivity index is 2.81. The fraction of sp³-hybridized carbons (Fsp3) is 0.579.